The number of hydrogen-bond acceptors (Lipinski definition) is 3. The van der Waals surface area contributed by atoms with E-state index < -0.39 is 0 Å². The van der Waals surface area contributed by atoms with Gasteiger partial charge in [-0.1, -0.05) is 25.1 Å². The Morgan fingerprint density at radius 2 is 2.05 bits per heavy atom. The third-order valence-corrected chi connectivity index (χ3v) is 4.02. The molecule has 1 aliphatic heterocycles. The van der Waals surface area contributed by atoms with Crippen LogP contribution >= 0.6 is 0 Å². The van der Waals surface area contributed by atoms with Crippen molar-refractivity contribution >= 4 is 0 Å². The predicted octanol–water partition coefficient (Wildman–Crippen LogP) is 2.59. The van der Waals surface area contributed by atoms with Gasteiger partial charge in [0.2, 0.25) is 0 Å². The van der Waals surface area contributed by atoms with Crippen molar-refractivity contribution in [2.24, 2.45) is 0 Å². The van der Waals surface area contributed by atoms with Crippen molar-refractivity contribution in [3.63, 3.8) is 0 Å². The molecule has 0 saturated carbocycles. The van der Waals surface area contributed by atoms with E-state index in [1.54, 1.807) is 6.07 Å². The summed E-state index contributed by atoms with van der Waals surface area (Å²) in [5.41, 5.74) is 0.758. The quantitative estimate of drug-likeness (QED) is 0.867. The van der Waals surface area contributed by atoms with E-state index in [0.717, 1.165) is 44.7 Å². The van der Waals surface area contributed by atoms with Crippen LogP contribution in [0.2, 0.25) is 0 Å². The van der Waals surface area contributed by atoms with Crippen molar-refractivity contribution in [3.05, 3.63) is 35.6 Å². The maximum Gasteiger partial charge on any atom is 0.128 e. The summed E-state index contributed by atoms with van der Waals surface area (Å²) in [4.78, 5) is 2.34. The number of hydrogen-bond donors (Lipinski definition) is 1. The molecule has 1 unspecified atom stereocenters. The summed E-state index contributed by atoms with van der Waals surface area (Å²) in [6.07, 6.45) is 2.12. The molecule has 1 saturated heterocycles. The van der Waals surface area contributed by atoms with E-state index in [2.05, 4.69) is 24.2 Å². The maximum absolute atomic E-state index is 14.0. The molecule has 1 N–H and O–H groups in total. The Labute approximate surface area is 121 Å². The Hall–Kier alpha value is -0.970. The lowest BCUT2D eigenvalue weighted by atomic mass is 10.0. The van der Waals surface area contributed by atoms with Crippen LogP contribution in [0.4, 0.5) is 4.39 Å². The highest BCUT2D eigenvalue weighted by Crippen LogP contribution is 2.20. The average Bonchev–Trinajstić information content (AvgIpc) is 2.48. The molecule has 0 radical (unpaired) electrons. The van der Waals surface area contributed by atoms with Crippen LogP contribution in [0.5, 0.6) is 0 Å². The van der Waals surface area contributed by atoms with Crippen molar-refractivity contribution in [2.45, 2.75) is 31.8 Å². The lowest BCUT2D eigenvalue weighted by Crippen LogP contribution is -2.42. The first-order valence-electron chi connectivity index (χ1n) is 7.48. The monoisotopic (exact) mass is 280 g/mol. The number of nitrogens with one attached hydrogen (secondary N) is 1. The molecule has 3 nitrogen and oxygen atoms in total. The molecule has 0 aliphatic carbocycles. The number of likely N-dealkylation sites (N-methyl/N-ethyl adjacent to an activating group) is 2. The lowest BCUT2D eigenvalue weighted by molar-refractivity contribution is 0.0400. The van der Waals surface area contributed by atoms with Crippen LogP contribution in [0.3, 0.4) is 0 Å². The van der Waals surface area contributed by atoms with Gasteiger partial charge in [-0.15, -0.1) is 0 Å². The van der Waals surface area contributed by atoms with Gasteiger partial charge in [0.05, 0.1) is 0 Å². The van der Waals surface area contributed by atoms with Crippen LogP contribution in [0.1, 0.15) is 31.4 Å². The van der Waals surface area contributed by atoms with Crippen LogP contribution in [0.25, 0.3) is 0 Å². The van der Waals surface area contributed by atoms with Gasteiger partial charge in [-0.2, -0.15) is 0 Å². The first-order chi connectivity index (χ1) is 9.72. The van der Waals surface area contributed by atoms with Gasteiger partial charge in [-0.25, -0.2) is 4.39 Å². The Morgan fingerprint density at radius 3 is 2.70 bits per heavy atom. The summed E-state index contributed by atoms with van der Waals surface area (Å²) < 4.78 is 19.4. The topological polar surface area (TPSA) is 24.5 Å². The van der Waals surface area contributed by atoms with E-state index in [1.807, 2.05) is 12.1 Å². The summed E-state index contributed by atoms with van der Waals surface area (Å²) >= 11 is 0. The largest absolute Gasteiger partial charge is 0.381 e. The molecule has 1 fully saturated rings. The summed E-state index contributed by atoms with van der Waals surface area (Å²) in [5, 5.41) is 3.40. The molecule has 1 aromatic carbocycles. The minimum atomic E-state index is -0.126. The SMILES string of the molecule is CCNC(CN(C)C1CCOCC1)c1ccccc1F. The van der Waals surface area contributed by atoms with Crippen LogP contribution in [0.15, 0.2) is 24.3 Å². The van der Waals surface area contributed by atoms with E-state index >= 15 is 0 Å². The summed E-state index contributed by atoms with van der Waals surface area (Å²) in [7, 11) is 2.13. The molecule has 1 heterocycles. The molecule has 0 amide bonds. The van der Waals surface area contributed by atoms with Crippen LogP contribution < -0.4 is 5.32 Å². The van der Waals surface area contributed by atoms with E-state index in [9.17, 15) is 4.39 Å². The molecule has 0 spiro atoms. The van der Waals surface area contributed by atoms with E-state index in [4.69, 9.17) is 4.74 Å². The van der Waals surface area contributed by atoms with Crippen LogP contribution in [-0.4, -0.2) is 44.3 Å². The fourth-order valence-corrected chi connectivity index (χ4v) is 2.84. The number of ether oxygens (including phenoxy) is 1. The van der Waals surface area contributed by atoms with Gasteiger partial charge in [0.15, 0.2) is 0 Å². The molecule has 4 heteroatoms. The van der Waals surface area contributed by atoms with Gasteiger partial charge in [-0.05, 0) is 32.5 Å². The van der Waals surface area contributed by atoms with Gasteiger partial charge >= 0.3 is 0 Å². The van der Waals surface area contributed by atoms with E-state index in [1.165, 1.54) is 6.07 Å². The molecule has 112 valence electrons. The fraction of sp³-hybridized carbons (Fsp3) is 0.625. The number of halogens is 1. The van der Waals surface area contributed by atoms with Gasteiger partial charge in [0.25, 0.3) is 0 Å². The second kappa shape index (κ2) is 7.72. The normalized spacial score (nSPS) is 18.4. The van der Waals surface area contributed by atoms with Gasteiger partial charge in [0.1, 0.15) is 5.82 Å². The molecular weight excluding hydrogens is 255 g/mol. The van der Waals surface area contributed by atoms with Crippen molar-refractivity contribution in [1.82, 2.24) is 10.2 Å². The third kappa shape index (κ3) is 4.01. The maximum atomic E-state index is 14.0. The molecule has 1 atom stereocenters. The molecule has 20 heavy (non-hydrogen) atoms. The summed E-state index contributed by atoms with van der Waals surface area (Å²) in [5.74, 6) is -0.126. The van der Waals surface area contributed by atoms with Crippen LogP contribution in [0, 0.1) is 5.82 Å². The summed E-state index contributed by atoms with van der Waals surface area (Å²) in [6, 6.07) is 7.63. The zero-order valence-electron chi connectivity index (χ0n) is 12.4. The van der Waals surface area contributed by atoms with E-state index in [0.29, 0.717) is 6.04 Å². The molecule has 1 aliphatic rings. The number of benzene rings is 1. The number of nitrogens with zero attached hydrogens (tertiary/aromatic N) is 1. The second-order valence-electron chi connectivity index (χ2n) is 5.41. The summed E-state index contributed by atoms with van der Waals surface area (Å²) in [6.45, 7) is 5.38. The van der Waals surface area contributed by atoms with E-state index in [-0.39, 0.29) is 11.9 Å². The molecule has 2 rings (SSSR count). The van der Waals surface area contributed by atoms with Crippen molar-refractivity contribution in [1.29, 1.82) is 0 Å². The molecule has 0 bridgehead atoms. The minimum Gasteiger partial charge on any atom is -0.381 e. The van der Waals surface area contributed by atoms with Gasteiger partial charge in [0, 0.05) is 37.4 Å². The van der Waals surface area contributed by atoms with Crippen molar-refractivity contribution < 1.29 is 9.13 Å². The highest BCUT2D eigenvalue weighted by Gasteiger charge is 2.22. The molecule has 0 aromatic heterocycles. The lowest BCUT2D eigenvalue weighted by Gasteiger charge is -2.34. The zero-order valence-corrected chi connectivity index (χ0v) is 12.4. The Kier molecular flexibility index (Phi) is 5.95. The molecule has 1 aromatic rings. The van der Waals surface area contributed by atoms with Crippen LogP contribution in [-0.2, 0) is 4.74 Å². The van der Waals surface area contributed by atoms with Gasteiger partial charge in [-0.3, -0.25) is 0 Å². The standard InChI is InChI=1S/C16H25FN2O/c1-3-18-16(14-6-4-5-7-15(14)17)12-19(2)13-8-10-20-11-9-13/h4-7,13,16,18H,3,8-12H2,1-2H3. The first kappa shape index (κ1) is 15.4. The average molecular weight is 280 g/mol. The zero-order chi connectivity index (χ0) is 14.4. The smallest absolute Gasteiger partial charge is 0.128 e. The minimum absolute atomic E-state index is 0.0362. The highest BCUT2D eigenvalue weighted by molar-refractivity contribution is 5.21. The number of rotatable bonds is 6. The Bertz CT molecular complexity index is 407. The first-order valence-corrected chi connectivity index (χ1v) is 7.48. The Balaban J connectivity index is 2.03. The van der Waals surface area contributed by atoms with Gasteiger partial charge < -0.3 is 15.0 Å². The Morgan fingerprint density at radius 1 is 1.35 bits per heavy atom. The van der Waals surface area contributed by atoms with Crippen molar-refractivity contribution in [2.75, 3.05) is 33.4 Å². The molecular formula is C16H25FN2O. The fourth-order valence-electron chi connectivity index (χ4n) is 2.84. The third-order valence-electron chi connectivity index (χ3n) is 4.02. The predicted molar refractivity (Wildman–Crippen MR) is 79.3 cm³/mol. The van der Waals surface area contributed by atoms with Crippen molar-refractivity contribution in [3.8, 4) is 0 Å². The second-order valence-corrected chi connectivity index (χ2v) is 5.41. The highest BCUT2D eigenvalue weighted by atomic mass is 19.1.